The summed E-state index contributed by atoms with van der Waals surface area (Å²) in [5.41, 5.74) is 0.610. The minimum atomic E-state index is -0.237. The van der Waals surface area contributed by atoms with Crippen LogP contribution in [0.15, 0.2) is 12.2 Å². The zero-order valence-electron chi connectivity index (χ0n) is 8.45. The molecule has 0 aromatic heterocycles. The van der Waals surface area contributed by atoms with E-state index in [1.54, 1.807) is 0 Å². The largest absolute Gasteiger partial charge is 0.463 e. The van der Waals surface area contributed by atoms with Gasteiger partial charge in [0.25, 0.3) is 0 Å². The highest BCUT2D eigenvalue weighted by Crippen LogP contribution is 2.34. The highest BCUT2D eigenvalue weighted by Gasteiger charge is 2.18. The molecule has 1 heterocycles. The van der Waals surface area contributed by atoms with Crippen LogP contribution in [0.25, 0.3) is 0 Å². The van der Waals surface area contributed by atoms with Gasteiger partial charge in [-0.3, -0.25) is 0 Å². The third kappa shape index (κ3) is 3.96. The van der Waals surface area contributed by atoms with Crippen LogP contribution in [0.1, 0.15) is 19.8 Å². The summed E-state index contributed by atoms with van der Waals surface area (Å²) >= 11 is 3.84. The van der Waals surface area contributed by atoms with E-state index in [2.05, 4.69) is 6.58 Å². The average molecular weight is 232 g/mol. The Balaban J connectivity index is 2.28. The first-order valence-electron chi connectivity index (χ1n) is 4.82. The molecule has 0 spiro atoms. The molecule has 0 bridgehead atoms. The fourth-order valence-corrected chi connectivity index (χ4v) is 4.10. The Morgan fingerprint density at radius 2 is 2.14 bits per heavy atom. The molecule has 0 atom stereocenters. The Morgan fingerprint density at radius 3 is 2.71 bits per heavy atom. The van der Waals surface area contributed by atoms with Gasteiger partial charge in [0.2, 0.25) is 0 Å². The molecule has 1 rings (SSSR count). The van der Waals surface area contributed by atoms with Crippen LogP contribution in [-0.2, 0) is 9.53 Å². The van der Waals surface area contributed by atoms with E-state index >= 15 is 0 Å². The van der Waals surface area contributed by atoms with Crippen molar-refractivity contribution < 1.29 is 9.53 Å². The molecule has 0 aromatic rings. The van der Waals surface area contributed by atoms with Crippen LogP contribution in [-0.4, -0.2) is 28.7 Å². The molecule has 80 valence electrons. The van der Waals surface area contributed by atoms with Crippen LogP contribution in [0.3, 0.4) is 0 Å². The van der Waals surface area contributed by atoms with Crippen molar-refractivity contribution in [1.29, 1.82) is 0 Å². The number of esters is 1. The second kappa shape index (κ2) is 6.40. The average Bonchev–Trinajstić information content (AvgIpc) is 2.19. The number of hydrogen-bond donors (Lipinski definition) is 0. The minimum Gasteiger partial charge on any atom is -0.463 e. The molecular formula is C10H16O2S2. The summed E-state index contributed by atoms with van der Waals surface area (Å²) < 4.78 is 5.39. The lowest BCUT2D eigenvalue weighted by Crippen LogP contribution is -2.13. The van der Waals surface area contributed by atoms with Gasteiger partial charge >= 0.3 is 5.97 Å². The normalized spacial score (nSPS) is 17.8. The number of ether oxygens (including phenoxy) is 1. The lowest BCUT2D eigenvalue weighted by Gasteiger charge is -2.20. The predicted octanol–water partition coefficient (Wildman–Crippen LogP) is 2.69. The second-order valence-corrected chi connectivity index (χ2v) is 5.97. The van der Waals surface area contributed by atoms with Crippen molar-refractivity contribution in [1.82, 2.24) is 0 Å². The Hall–Kier alpha value is -0.0900. The molecular weight excluding hydrogens is 216 g/mol. The Bertz CT molecular complexity index is 210. The van der Waals surface area contributed by atoms with Gasteiger partial charge in [-0.05, 0) is 31.3 Å². The van der Waals surface area contributed by atoms with Gasteiger partial charge in [-0.25, -0.2) is 4.79 Å². The second-order valence-electron chi connectivity index (χ2n) is 3.05. The first-order valence-corrected chi connectivity index (χ1v) is 6.92. The van der Waals surface area contributed by atoms with Crippen molar-refractivity contribution in [3.63, 3.8) is 0 Å². The van der Waals surface area contributed by atoms with Crippen LogP contribution in [0.2, 0.25) is 0 Å². The lowest BCUT2D eigenvalue weighted by molar-refractivity contribution is -0.138. The molecule has 4 heteroatoms. The smallest absolute Gasteiger partial charge is 0.333 e. The molecule has 0 N–H and O–H groups in total. The Morgan fingerprint density at radius 1 is 1.50 bits per heavy atom. The van der Waals surface area contributed by atoms with E-state index in [1.165, 1.54) is 17.9 Å². The summed E-state index contributed by atoms with van der Waals surface area (Å²) in [7, 11) is 0. The third-order valence-electron chi connectivity index (χ3n) is 1.87. The lowest BCUT2D eigenvalue weighted by atomic mass is 10.2. The van der Waals surface area contributed by atoms with Crippen molar-refractivity contribution in [2.24, 2.45) is 0 Å². The fourth-order valence-electron chi connectivity index (χ4n) is 1.17. The Labute approximate surface area is 93.8 Å². The van der Waals surface area contributed by atoms with Gasteiger partial charge in [-0.1, -0.05) is 6.58 Å². The van der Waals surface area contributed by atoms with E-state index in [0.29, 0.717) is 16.8 Å². The van der Waals surface area contributed by atoms with E-state index in [0.717, 1.165) is 6.42 Å². The maximum atomic E-state index is 11.3. The molecule has 0 aromatic carbocycles. The summed E-state index contributed by atoms with van der Waals surface area (Å²) in [5.74, 6) is 2.17. The summed E-state index contributed by atoms with van der Waals surface area (Å²) in [5, 5.41) is 0. The minimum absolute atomic E-state index is 0.237. The molecule has 0 aliphatic carbocycles. The molecule has 1 aliphatic heterocycles. The maximum absolute atomic E-state index is 11.3. The SMILES string of the molecule is C=C(CC1SCCCS1)C(=O)OCC. The summed E-state index contributed by atoms with van der Waals surface area (Å²) in [6.45, 7) is 6.01. The Kier molecular flexibility index (Phi) is 5.48. The summed E-state index contributed by atoms with van der Waals surface area (Å²) in [6.07, 6.45) is 2.03. The van der Waals surface area contributed by atoms with Gasteiger partial charge in [0.1, 0.15) is 0 Å². The molecule has 14 heavy (non-hydrogen) atoms. The number of hydrogen-bond acceptors (Lipinski definition) is 4. The van der Waals surface area contributed by atoms with Gasteiger partial charge < -0.3 is 4.74 Å². The van der Waals surface area contributed by atoms with E-state index in [1.807, 2.05) is 30.4 Å². The summed E-state index contributed by atoms with van der Waals surface area (Å²) in [4.78, 5) is 11.3. The van der Waals surface area contributed by atoms with Crippen LogP contribution in [0.5, 0.6) is 0 Å². The zero-order valence-corrected chi connectivity index (χ0v) is 10.1. The van der Waals surface area contributed by atoms with Crippen molar-refractivity contribution in [3.05, 3.63) is 12.2 Å². The molecule has 1 aliphatic rings. The zero-order chi connectivity index (χ0) is 10.4. The first-order chi connectivity index (χ1) is 6.74. The first kappa shape index (κ1) is 12.0. The quantitative estimate of drug-likeness (QED) is 0.550. The van der Waals surface area contributed by atoms with E-state index < -0.39 is 0 Å². The molecule has 1 fully saturated rings. The highest BCUT2D eigenvalue weighted by molar-refractivity contribution is 8.17. The number of carbonyl (C=O) groups is 1. The van der Waals surface area contributed by atoms with Crippen molar-refractivity contribution >= 4 is 29.5 Å². The monoisotopic (exact) mass is 232 g/mol. The molecule has 1 saturated heterocycles. The number of carbonyl (C=O) groups excluding carboxylic acids is 1. The molecule has 2 nitrogen and oxygen atoms in total. The topological polar surface area (TPSA) is 26.3 Å². The van der Waals surface area contributed by atoms with Gasteiger partial charge in [-0.15, -0.1) is 23.5 Å². The number of rotatable bonds is 4. The van der Waals surface area contributed by atoms with Crippen molar-refractivity contribution in [2.75, 3.05) is 18.1 Å². The van der Waals surface area contributed by atoms with Gasteiger partial charge in [-0.2, -0.15) is 0 Å². The maximum Gasteiger partial charge on any atom is 0.333 e. The van der Waals surface area contributed by atoms with Crippen molar-refractivity contribution in [3.8, 4) is 0 Å². The molecule has 0 radical (unpaired) electrons. The van der Waals surface area contributed by atoms with E-state index in [4.69, 9.17) is 4.74 Å². The van der Waals surface area contributed by atoms with Crippen molar-refractivity contribution in [2.45, 2.75) is 24.3 Å². The fraction of sp³-hybridized carbons (Fsp3) is 0.700. The highest BCUT2D eigenvalue weighted by atomic mass is 32.2. The molecule has 0 amide bonds. The molecule has 0 saturated carbocycles. The standard InChI is InChI=1S/C10H16O2S2/c1-3-12-10(11)8(2)7-9-13-5-4-6-14-9/h9H,2-7H2,1H3. The number of thioether (sulfide) groups is 2. The van der Waals surface area contributed by atoms with Crippen LogP contribution in [0, 0.1) is 0 Å². The third-order valence-corrected chi connectivity index (χ3v) is 4.82. The van der Waals surface area contributed by atoms with E-state index in [9.17, 15) is 4.79 Å². The van der Waals surface area contributed by atoms with Gasteiger partial charge in [0, 0.05) is 5.57 Å². The molecule has 0 unspecified atom stereocenters. The van der Waals surface area contributed by atoms with E-state index in [-0.39, 0.29) is 5.97 Å². The summed E-state index contributed by atoms with van der Waals surface area (Å²) in [6, 6.07) is 0. The van der Waals surface area contributed by atoms with Crippen LogP contribution >= 0.6 is 23.5 Å². The predicted molar refractivity (Wildman–Crippen MR) is 63.7 cm³/mol. The van der Waals surface area contributed by atoms with Gasteiger partial charge in [0.15, 0.2) is 0 Å². The van der Waals surface area contributed by atoms with Crippen LogP contribution in [0.4, 0.5) is 0 Å². The van der Waals surface area contributed by atoms with Crippen LogP contribution < -0.4 is 0 Å². The van der Waals surface area contributed by atoms with Gasteiger partial charge in [0.05, 0.1) is 11.2 Å².